The number of rotatable bonds is 3. The van der Waals surface area contributed by atoms with Gasteiger partial charge in [-0.2, -0.15) is 0 Å². The number of hydrogen-bond acceptors (Lipinski definition) is 4. The molecule has 1 aromatic rings. The Morgan fingerprint density at radius 3 is 2.60 bits per heavy atom. The van der Waals surface area contributed by atoms with Crippen molar-refractivity contribution >= 4 is 5.82 Å². The zero-order valence-corrected chi connectivity index (χ0v) is 7.37. The second-order valence-corrected chi connectivity index (χ2v) is 2.67. The van der Waals surface area contributed by atoms with Crippen molar-refractivity contribution in [2.24, 2.45) is 5.73 Å². The van der Waals surface area contributed by atoms with Gasteiger partial charge >= 0.3 is 5.82 Å². The van der Waals surface area contributed by atoms with Gasteiger partial charge in [-0.3, -0.25) is 4.79 Å². The van der Waals surface area contributed by atoms with E-state index in [2.05, 4.69) is 4.98 Å². The van der Waals surface area contributed by atoms with Crippen LogP contribution in [-0.2, 0) is 6.54 Å². The number of aromatic amines is 1. The molecule has 0 saturated heterocycles. The first-order chi connectivity index (χ1) is 6.97. The van der Waals surface area contributed by atoms with E-state index in [1.807, 2.05) is 0 Å². The average molecular weight is 219 g/mol. The predicted molar refractivity (Wildman–Crippen MR) is 46.6 cm³/mol. The molecule has 0 unspecified atom stereocenters. The van der Waals surface area contributed by atoms with Crippen LogP contribution in [0.25, 0.3) is 0 Å². The summed E-state index contributed by atoms with van der Waals surface area (Å²) in [4.78, 5) is 22.6. The minimum atomic E-state index is -3.01. The van der Waals surface area contributed by atoms with Crippen LogP contribution in [0.5, 0.6) is 0 Å². The lowest BCUT2D eigenvalue weighted by atomic mass is 10.2. The Labute approximate surface area is 81.9 Å². The number of alkyl halides is 2. The van der Waals surface area contributed by atoms with Crippen LogP contribution >= 0.6 is 0 Å². The maximum absolute atomic E-state index is 12.4. The van der Waals surface area contributed by atoms with E-state index in [1.54, 1.807) is 0 Å². The topological polar surface area (TPSA) is 102 Å². The van der Waals surface area contributed by atoms with Crippen molar-refractivity contribution < 1.29 is 13.7 Å². The lowest BCUT2D eigenvalue weighted by Gasteiger charge is -2.03. The molecule has 0 atom stereocenters. The van der Waals surface area contributed by atoms with Gasteiger partial charge in [-0.1, -0.05) is 0 Å². The van der Waals surface area contributed by atoms with E-state index in [0.717, 1.165) is 0 Å². The normalized spacial score (nSPS) is 10.7. The quantitative estimate of drug-likeness (QED) is 0.576. The largest absolute Gasteiger partial charge is 0.358 e. The van der Waals surface area contributed by atoms with Crippen molar-refractivity contribution in [2.45, 2.75) is 13.0 Å². The highest BCUT2D eigenvalue weighted by Gasteiger charge is 2.22. The SMILES string of the molecule is NCc1[nH]c([N+](=O)[O-])cc(=O)c1C(F)F. The molecule has 0 aliphatic heterocycles. The van der Waals surface area contributed by atoms with Gasteiger partial charge in [0, 0.05) is 0 Å². The first-order valence-corrected chi connectivity index (χ1v) is 3.86. The third-order valence-electron chi connectivity index (χ3n) is 1.76. The minimum absolute atomic E-state index is 0.316. The molecule has 0 spiro atoms. The van der Waals surface area contributed by atoms with E-state index < -0.39 is 34.7 Å². The zero-order valence-electron chi connectivity index (χ0n) is 7.37. The van der Waals surface area contributed by atoms with Gasteiger partial charge < -0.3 is 15.8 Å². The molecule has 1 rings (SSSR count). The van der Waals surface area contributed by atoms with Crippen LogP contribution in [0.2, 0.25) is 0 Å². The average Bonchev–Trinajstić information content (AvgIpc) is 2.15. The second kappa shape index (κ2) is 4.13. The minimum Gasteiger partial charge on any atom is -0.358 e. The molecule has 1 heterocycles. The smallest absolute Gasteiger partial charge is 0.324 e. The fraction of sp³-hybridized carbons (Fsp3) is 0.286. The number of nitrogens with two attached hydrogens (primary N) is 1. The Hall–Kier alpha value is -1.83. The van der Waals surface area contributed by atoms with E-state index in [-0.39, 0.29) is 5.69 Å². The summed E-state index contributed by atoms with van der Waals surface area (Å²) in [5, 5.41) is 10.3. The molecule has 3 N–H and O–H groups in total. The first-order valence-electron chi connectivity index (χ1n) is 3.86. The molecule has 0 aliphatic carbocycles. The lowest BCUT2D eigenvalue weighted by molar-refractivity contribution is -0.389. The second-order valence-electron chi connectivity index (χ2n) is 2.67. The van der Waals surface area contributed by atoms with Crippen molar-refractivity contribution in [1.82, 2.24) is 4.98 Å². The first kappa shape index (κ1) is 11.2. The molecular formula is C7H7F2N3O3. The van der Waals surface area contributed by atoms with Crippen molar-refractivity contribution in [1.29, 1.82) is 0 Å². The number of nitrogens with zero attached hydrogens (tertiary/aromatic N) is 1. The molecule has 0 aliphatic rings. The van der Waals surface area contributed by atoms with E-state index in [4.69, 9.17) is 5.73 Å². The van der Waals surface area contributed by atoms with Crippen LogP contribution in [0.3, 0.4) is 0 Å². The highest BCUT2D eigenvalue weighted by molar-refractivity contribution is 5.30. The molecule has 0 radical (unpaired) electrons. The van der Waals surface area contributed by atoms with Crippen LogP contribution in [0.4, 0.5) is 14.6 Å². The highest BCUT2D eigenvalue weighted by Crippen LogP contribution is 2.19. The summed E-state index contributed by atoms with van der Waals surface area (Å²) in [5.41, 5.74) is 2.88. The van der Waals surface area contributed by atoms with Crippen LogP contribution in [0.1, 0.15) is 17.7 Å². The number of nitro groups is 1. The molecule has 0 fully saturated rings. The summed E-state index contributed by atoms with van der Waals surface area (Å²) in [6.45, 7) is -0.392. The Kier molecular flexibility index (Phi) is 3.10. The van der Waals surface area contributed by atoms with Gasteiger partial charge in [0.2, 0.25) is 0 Å². The zero-order chi connectivity index (χ0) is 11.6. The number of aromatic nitrogens is 1. The fourth-order valence-corrected chi connectivity index (χ4v) is 1.11. The van der Waals surface area contributed by atoms with Gasteiger partial charge in [-0.15, -0.1) is 0 Å². The van der Waals surface area contributed by atoms with Gasteiger partial charge in [0.15, 0.2) is 5.43 Å². The third-order valence-corrected chi connectivity index (χ3v) is 1.76. The standard InChI is InChI=1S/C7H7F2N3O3/c8-7(9)6-3(2-10)11-5(12(14)15)1-4(6)13/h1,7H,2,10H2,(H,11,13). The Balaban J connectivity index is 3.44. The van der Waals surface area contributed by atoms with Crippen molar-refractivity contribution in [3.05, 3.63) is 37.7 Å². The molecule has 0 saturated carbocycles. The van der Waals surface area contributed by atoms with E-state index in [0.29, 0.717) is 6.07 Å². The summed E-state index contributed by atoms with van der Waals surface area (Å²) >= 11 is 0. The Morgan fingerprint density at radius 2 is 2.20 bits per heavy atom. The monoisotopic (exact) mass is 219 g/mol. The Morgan fingerprint density at radius 1 is 1.60 bits per heavy atom. The molecule has 0 bridgehead atoms. The van der Waals surface area contributed by atoms with Gasteiger partial charge in [-0.05, 0) is 4.92 Å². The van der Waals surface area contributed by atoms with Crippen LogP contribution in [0, 0.1) is 10.1 Å². The van der Waals surface area contributed by atoms with Gasteiger partial charge in [-0.25, -0.2) is 13.8 Å². The number of H-pyrrole nitrogens is 1. The predicted octanol–water partition coefficient (Wildman–Crippen LogP) is 0.679. The highest BCUT2D eigenvalue weighted by atomic mass is 19.3. The Bertz CT molecular complexity index is 444. The fourth-order valence-electron chi connectivity index (χ4n) is 1.11. The number of halogens is 2. The summed E-state index contributed by atoms with van der Waals surface area (Å²) in [7, 11) is 0. The van der Waals surface area contributed by atoms with Gasteiger partial charge in [0.25, 0.3) is 6.43 Å². The molecular weight excluding hydrogens is 212 g/mol. The van der Waals surface area contributed by atoms with Gasteiger partial charge in [0.1, 0.15) is 11.3 Å². The van der Waals surface area contributed by atoms with E-state index >= 15 is 0 Å². The molecule has 6 nitrogen and oxygen atoms in total. The van der Waals surface area contributed by atoms with E-state index in [1.165, 1.54) is 0 Å². The number of hydrogen-bond donors (Lipinski definition) is 2. The van der Waals surface area contributed by atoms with Crippen molar-refractivity contribution in [3.8, 4) is 0 Å². The summed E-state index contributed by atoms with van der Waals surface area (Å²) < 4.78 is 24.7. The third kappa shape index (κ3) is 2.15. The molecule has 82 valence electrons. The summed E-state index contributed by atoms with van der Waals surface area (Å²) in [5.74, 6) is -0.648. The van der Waals surface area contributed by atoms with Crippen molar-refractivity contribution in [2.75, 3.05) is 0 Å². The molecule has 8 heteroatoms. The van der Waals surface area contributed by atoms with Gasteiger partial charge in [0.05, 0.1) is 12.6 Å². The van der Waals surface area contributed by atoms with E-state index in [9.17, 15) is 23.7 Å². The molecule has 0 amide bonds. The van der Waals surface area contributed by atoms with Crippen LogP contribution < -0.4 is 11.2 Å². The van der Waals surface area contributed by atoms with Crippen molar-refractivity contribution in [3.63, 3.8) is 0 Å². The van der Waals surface area contributed by atoms with Crippen LogP contribution in [-0.4, -0.2) is 9.91 Å². The summed E-state index contributed by atoms with van der Waals surface area (Å²) in [6.07, 6.45) is -3.01. The summed E-state index contributed by atoms with van der Waals surface area (Å²) in [6, 6.07) is 0.515. The maximum Gasteiger partial charge on any atom is 0.324 e. The maximum atomic E-state index is 12.4. The molecule has 15 heavy (non-hydrogen) atoms. The lowest BCUT2D eigenvalue weighted by Crippen LogP contribution is -2.17. The number of nitrogens with one attached hydrogen (secondary N) is 1. The van der Waals surface area contributed by atoms with Crippen LogP contribution in [0.15, 0.2) is 10.9 Å². The molecule has 0 aromatic carbocycles. The number of pyridine rings is 1. The molecule has 1 aromatic heterocycles.